The Morgan fingerprint density at radius 3 is 2.80 bits per heavy atom. The van der Waals surface area contributed by atoms with E-state index in [2.05, 4.69) is 16.1 Å². The Kier molecular flexibility index (Phi) is 4.78. The fraction of sp³-hybridized carbons (Fsp3) is 0.571. The van der Waals surface area contributed by atoms with Crippen molar-refractivity contribution >= 4 is 17.8 Å². The highest BCUT2D eigenvalue weighted by molar-refractivity contribution is 6.13. The molecule has 0 amide bonds. The Balaban J connectivity index is 3.69. The molecule has 0 saturated carbocycles. The lowest BCUT2D eigenvalue weighted by Crippen LogP contribution is -2.09. The third-order valence-corrected chi connectivity index (χ3v) is 1.22. The van der Waals surface area contributed by atoms with Gasteiger partial charge in [-0.1, -0.05) is 6.92 Å². The fourth-order valence-electron chi connectivity index (χ4n) is 0.415. The second kappa shape index (κ2) is 5.13. The van der Waals surface area contributed by atoms with E-state index in [9.17, 15) is 4.79 Å². The van der Waals surface area contributed by atoms with Crippen molar-refractivity contribution in [3.05, 3.63) is 0 Å². The highest BCUT2D eigenvalue weighted by atomic mass is 35.5. The average Bonchev–Trinajstić information content (AvgIpc) is 1.98. The number of hydrogen-bond acceptors (Lipinski definition) is 2. The van der Waals surface area contributed by atoms with E-state index in [0.29, 0.717) is 6.42 Å². The van der Waals surface area contributed by atoms with Gasteiger partial charge in [0.05, 0.1) is 5.92 Å². The van der Waals surface area contributed by atoms with Crippen LogP contribution in [0.4, 0.5) is 0 Å². The third kappa shape index (κ3) is 3.37. The van der Waals surface area contributed by atoms with Crippen molar-refractivity contribution in [2.24, 2.45) is 5.92 Å². The minimum atomic E-state index is -0.426. The lowest BCUT2D eigenvalue weighted by molar-refractivity contribution is -0.137. The molecule has 0 saturated heterocycles. The number of carbonyl (C=O) groups excluding carboxylic acids is 1. The van der Waals surface area contributed by atoms with E-state index in [1.165, 1.54) is 0 Å². The summed E-state index contributed by atoms with van der Waals surface area (Å²) in [4.78, 5) is 10.6. The molecule has 0 radical (unpaired) electrons. The largest absolute Gasteiger partial charge is 0.347 e. The molecule has 10 heavy (non-hydrogen) atoms. The first-order valence-electron chi connectivity index (χ1n) is 2.94. The molecular formula is C7H9ClO2. The molecule has 0 aromatic rings. The Hall–Kier alpha value is -0.680. The summed E-state index contributed by atoms with van der Waals surface area (Å²) in [7, 11) is 0. The zero-order chi connectivity index (χ0) is 7.98. The van der Waals surface area contributed by atoms with Crippen molar-refractivity contribution in [3.63, 3.8) is 0 Å². The highest BCUT2D eigenvalue weighted by Gasteiger charge is 2.11. The minimum Gasteiger partial charge on any atom is -0.347 e. The van der Waals surface area contributed by atoms with Crippen molar-refractivity contribution < 1.29 is 9.08 Å². The van der Waals surface area contributed by atoms with E-state index in [1.54, 1.807) is 13.8 Å². The van der Waals surface area contributed by atoms with E-state index < -0.39 is 5.97 Å². The molecule has 0 rings (SSSR count). The van der Waals surface area contributed by atoms with Gasteiger partial charge < -0.3 is 4.29 Å². The molecule has 0 aliphatic heterocycles. The first-order valence-corrected chi connectivity index (χ1v) is 3.25. The SMILES string of the molecule is CC#CCC(C)C(=O)OCl. The van der Waals surface area contributed by atoms with Crippen molar-refractivity contribution in [1.82, 2.24) is 0 Å². The molecule has 0 bridgehead atoms. The predicted octanol–water partition coefficient (Wildman–Crippen LogP) is 1.73. The van der Waals surface area contributed by atoms with E-state index in [1.807, 2.05) is 0 Å². The lowest BCUT2D eigenvalue weighted by atomic mass is 10.1. The van der Waals surface area contributed by atoms with Gasteiger partial charge in [-0.3, -0.25) is 4.79 Å². The quantitative estimate of drug-likeness (QED) is 0.576. The van der Waals surface area contributed by atoms with Crippen molar-refractivity contribution in [2.75, 3.05) is 0 Å². The summed E-state index contributed by atoms with van der Waals surface area (Å²) in [5.74, 6) is 4.77. The van der Waals surface area contributed by atoms with Gasteiger partial charge >= 0.3 is 5.97 Å². The number of carbonyl (C=O) groups is 1. The molecule has 0 fully saturated rings. The minimum absolute atomic E-state index is 0.232. The van der Waals surface area contributed by atoms with E-state index >= 15 is 0 Å². The molecule has 0 aromatic carbocycles. The summed E-state index contributed by atoms with van der Waals surface area (Å²) in [6.45, 7) is 3.44. The van der Waals surface area contributed by atoms with Crippen LogP contribution in [-0.4, -0.2) is 5.97 Å². The number of halogens is 1. The Labute approximate surface area is 65.7 Å². The normalized spacial score (nSPS) is 11.1. The Morgan fingerprint density at radius 2 is 2.40 bits per heavy atom. The monoisotopic (exact) mass is 160 g/mol. The lowest BCUT2D eigenvalue weighted by Gasteiger charge is -1.99. The molecule has 3 heteroatoms. The molecule has 2 nitrogen and oxygen atoms in total. The Morgan fingerprint density at radius 1 is 1.80 bits per heavy atom. The maximum Gasteiger partial charge on any atom is 0.328 e. The second-order valence-electron chi connectivity index (χ2n) is 1.93. The molecule has 0 aliphatic rings. The molecule has 1 atom stereocenters. The van der Waals surface area contributed by atoms with Crippen molar-refractivity contribution in [1.29, 1.82) is 0 Å². The predicted molar refractivity (Wildman–Crippen MR) is 39.2 cm³/mol. The van der Waals surface area contributed by atoms with Crippen LogP contribution < -0.4 is 0 Å². The average molecular weight is 161 g/mol. The van der Waals surface area contributed by atoms with Crippen LogP contribution >= 0.6 is 11.9 Å². The zero-order valence-electron chi connectivity index (χ0n) is 5.98. The standard InChI is InChI=1S/C7H9ClO2/c1-3-4-5-6(2)7(9)10-8/h6H,5H2,1-2H3. The molecule has 1 unspecified atom stereocenters. The summed E-state index contributed by atoms with van der Waals surface area (Å²) in [6.07, 6.45) is 0.502. The molecule has 0 aromatic heterocycles. The zero-order valence-corrected chi connectivity index (χ0v) is 6.73. The maximum absolute atomic E-state index is 10.6. The van der Waals surface area contributed by atoms with Crippen LogP contribution in [-0.2, 0) is 9.08 Å². The Bertz CT molecular complexity index is 166. The van der Waals surface area contributed by atoms with Crippen LogP contribution in [0.1, 0.15) is 20.3 Å². The van der Waals surface area contributed by atoms with Gasteiger partial charge in [0.15, 0.2) is 0 Å². The van der Waals surface area contributed by atoms with E-state index in [0.717, 1.165) is 0 Å². The van der Waals surface area contributed by atoms with Gasteiger partial charge in [-0.05, 0) is 6.92 Å². The molecular weight excluding hydrogens is 152 g/mol. The number of rotatable bonds is 2. The summed E-state index contributed by atoms with van der Waals surface area (Å²) in [6, 6.07) is 0. The summed E-state index contributed by atoms with van der Waals surface area (Å²) < 4.78 is 3.97. The van der Waals surface area contributed by atoms with Gasteiger partial charge in [0.25, 0.3) is 0 Å². The van der Waals surface area contributed by atoms with E-state index in [4.69, 9.17) is 11.9 Å². The summed E-state index contributed by atoms with van der Waals surface area (Å²) >= 11 is 4.83. The van der Waals surface area contributed by atoms with Gasteiger partial charge in [0.1, 0.15) is 11.9 Å². The number of hydrogen-bond donors (Lipinski definition) is 0. The van der Waals surface area contributed by atoms with Gasteiger partial charge in [-0.15, -0.1) is 11.8 Å². The smallest absolute Gasteiger partial charge is 0.328 e. The van der Waals surface area contributed by atoms with Crippen LogP contribution in [0.25, 0.3) is 0 Å². The van der Waals surface area contributed by atoms with Gasteiger partial charge in [0.2, 0.25) is 0 Å². The maximum atomic E-state index is 10.6. The first kappa shape index (κ1) is 9.32. The fourth-order valence-corrected chi connectivity index (χ4v) is 0.567. The van der Waals surface area contributed by atoms with Crippen LogP contribution in [0.2, 0.25) is 0 Å². The highest BCUT2D eigenvalue weighted by Crippen LogP contribution is 2.03. The molecule has 0 spiro atoms. The van der Waals surface area contributed by atoms with E-state index in [-0.39, 0.29) is 5.92 Å². The van der Waals surface area contributed by atoms with Gasteiger partial charge in [-0.2, -0.15) is 0 Å². The molecule has 0 heterocycles. The second-order valence-corrected chi connectivity index (χ2v) is 2.08. The molecule has 56 valence electrons. The van der Waals surface area contributed by atoms with Gasteiger partial charge in [0, 0.05) is 6.42 Å². The van der Waals surface area contributed by atoms with Crippen LogP contribution in [0.3, 0.4) is 0 Å². The summed E-state index contributed by atoms with van der Waals surface area (Å²) in [5.41, 5.74) is 0. The molecule has 0 N–H and O–H groups in total. The van der Waals surface area contributed by atoms with Gasteiger partial charge in [-0.25, -0.2) is 0 Å². The molecule has 0 aliphatic carbocycles. The van der Waals surface area contributed by atoms with Crippen LogP contribution in [0.5, 0.6) is 0 Å². The van der Waals surface area contributed by atoms with Crippen LogP contribution in [0.15, 0.2) is 0 Å². The third-order valence-electron chi connectivity index (χ3n) is 1.06. The summed E-state index contributed by atoms with van der Waals surface area (Å²) in [5, 5.41) is 0. The van der Waals surface area contributed by atoms with Crippen molar-refractivity contribution in [2.45, 2.75) is 20.3 Å². The van der Waals surface area contributed by atoms with Crippen molar-refractivity contribution in [3.8, 4) is 11.8 Å². The topological polar surface area (TPSA) is 26.3 Å². The van der Waals surface area contributed by atoms with Crippen LogP contribution in [0, 0.1) is 17.8 Å². The first-order chi connectivity index (χ1) is 4.72.